The first-order chi connectivity index (χ1) is 13.0. The van der Waals surface area contributed by atoms with Crippen LogP contribution in [0.4, 0.5) is 0 Å². The van der Waals surface area contributed by atoms with Crippen molar-refractivity contribution < 1.29 is 0 Å². The zero-order valence-electron chi connectivity index (χ0n) is 19.7. The van der Waals surface area contributed by atoms with Crippen LogP contribution in [0.5, 0.6) is 0 Å². The van der Waals surface area contributed by atoms with Gasteiger partial charge in [0.1, 0.15) is 0 Å². The third kappa shape index (κ3) is 5.07. The van der Waals surface area contributed by atoms with Crippen molar-refractivity contribution in [3.8, 4) is 0 Å². The number of benzene rings is 2. The Balaban J connectivity index is 2.56. The second kappa shape index (κ2) is 8.85. The highest BCUT2D eigenvalue weighted by Crippen LogP contribution is 2.42. The molecule has 0 nitrogen and oxygen atoms in total. The van der Waals surface area contributed by atoms with E-state index in [2.05, 4.69) is 104 Å². The maximum absolute atomic E-state index is 2.41. The lowest BCUT2D eigenvalue weighted by molar-refractivity contribution is 0.414. The van der Waals surface area contributed by atoms with Crippen molar-refractivity contribution in [2.45, 2.75) is 104 Å². The quantitative estimate of drug-likeness (QED) is 0.452. The van der Waals surface area contributed by atoms with Gasteiger partial charge in [0.15, 0.2) is 0 Å². The lowest BCUT2D eigenvalue weighted by atomic mass is 9.67. The molecule has 0 radical (unpaired) electrons. The standard InChI is InChI=1S/C28H42/c1-9-11-21-28(20-10-2,24-16-12-22(13-17-24)26(3,4)5)25-18-14-23(15-19-25)27(6,7)8/h12-19H,9-11,20-21H2,1-8H3. The number of hydrogen-bond donors (Lipinski definition) is 0. The van der Waals surface area contributed by atoms with E-state index >= 15 is 0 Å². The molecule has 28 heavy (non-hydrogen) atoms. The van der Waals surface area contributed by atoms with Crippen molar-refractivity contribution in [1.82, 2.24) is 0 Å². The van der Waals surface area contributed by atoms with Gasteiger partial charge in [-0.3, -0.25) is 0 Å². The van der Waals surface area contributed by atoms with Crippen LogP contribution in [0, 0.1) is 0 Å². The Morgan fingerprint density at radius 1 is 0.500 bits per heavy atom. The minimum atomic E-state index is 0.123. The summed E-state index contributed by atoms with van der Waals surface area (Å²) in [5, 5.41) is 0. The maximum atomic E-state index is 2.41. The Labute approximate surface area is 174 Å². The Morgan fingerprint density at radius 2 is 0.857 bits per heavy atom. The summed E-state index contributed by atoms with van der Waals surface area (Å²) >= 11 is 0. The summed E-state index contributed by atoms with van der Waals surface area (Å²) in [7, 11) is 0. The van der Waals surface area contributed by atoms with Crippen LogP contribution in [0.1, 0.15) is 110 Å². The highest BCUT2D eigenvalue weighted by atomic mass is 14.4. The van der Waals surface area contributed by atoms with Crippen LogP contribution in [0.2, 0.25) is 0 Å². The first kappa shape index (κ1) is 22.7. The Morgan fingerprint density at radius 3 is 1.14 bits per heavy atom. The summed E-state index contributed by atoms with van der Waals surface area (Å²) in [5.41, 5.74) is 6.32. The molecule has 0 aliphatic heterocycles. The molecule has 0 unspecified atom stereocenters. The average molecular weight is 379 g/mol. The Kier molecular flexibility index (Phi) is 7.18. The molecule has 0 atom stereocenters. The minimum absolute atomic E-state index is 0.123. The highest BCUT2D eigenvalue weighted by Gasteiger charge is 2.33. The molecule has 0 bridgehead atoms. The van der Waals surface area contributed by atoms with Gasteiger partial charge >= 0.3 is 0 Å². The van der Waals surface area contributed by atoms with E-state index in [9.17, 15) is 0 Å². The van der Waals surface area contributed by atoms with Gasteiger partial charge in [0.05, 0.1) is 0 Å². The van der Waals surface area contributed by atoms with Crippen LogP contribution in [0.25, 0.3) is 0 Å². The molecule has 2 aromatic carbocycles. The molecule has 0 saturated carbocycles. The van der Waals surface area contributed by atoms with Gasteiger partial charge in [-0.25, -0.2) is 0 Å². The second-order valence-electron chi connectivity index (χ2n) is 10.6. The van der Waals surface area contributed by atoms with Gasteiger partial charge < -0.3 is 0 Å². The molecule has 0 aliphatic carbocycles. The molecule has 0 spiro atoms. The van der Waals surface area contributed by atoms with E-state index < -0.39 is 0 Å². The van der Waals surface area contributed by atoms with Crippen molar-refractivity contribution in [2.75, 3.05) is 0 Å². The van der Waals surface area contributed by atoms with E-state index in [0.717, 1.165) is 0 Å². The predicted molar refractivity (Wildman–Crippen MR) is 125 cm³/mol. The molecule has 154 valence electrons. The Hall–Kier alpha value is -1.56. The number of hydrogen-bond acceptors (Lipinski definition) is 0. The topological polar surface area (TPSA) is 0 Å². The normalized spacial score (nSPS) is 13.0. The van der Waals surface area contributed by atoms with Gasteiger partial charge in [0.25, 0.3) is 0 Å². The van der Waals surface area contributed by atoms with Crippen molar-refractivity contribution in [2.24, 2.45) is 0 Å². The van der Waals surface area contributed by atoms with E-state index in [1.807, 2.05) is 0 Å². The largest absolute Gasteiger partial charge is 0.0654 e. The van der Waals surface area contributed by atoms with Gasteiger partial charge in [-0.15, -0.1) is 0 Å². The summed E-state index contributed by atoms with van der Waals surface area (Å²) < 4.78 is 0. The van der Waals surface area contributed by atoms with Gasteiger partial charge in [-0.2, -0.15) is 0 Å². The molecule has 0 aliphatic rings. The fourth-order valence-corrected chi connectivity index (χ4v) is 4.35. The lowest BCUT2D eigenvalue weighted by Crippen LogP contribution is -2.28. The van der Waals surface area contributed by atoms with Crippen molar-refractivity contribution in [1.29, 1.82) is 0 Å². The van der Waals surface area contributed by atoms with Crippen LogP contribution >= 0.6 is 0 Å². The first-order valence-electron chi connectivity index (χ1n) is 11.3. The smallest absolute Gasteiger partial charge is 0.0202 e. The van der Waals surface area contributed by atoms with Crippen LogP contribution < -0.4 is 0 Å². The van der Waals surface area contributed by atoms with E-state index in [0.29, 0.717) is 0 Å². The predicted octanol–water partition coefficient (Wildman–Crippen LogP) is 8.56. The van der Waals surface area contributed by atoms with E-state index in [1.54, 1.807) is 0 Å². The highest BCUT2D eigenvalue weighted by molar-refractivity contribution is 5.43. The summed E-state index contributed by atoms with van der Waals surface area (Å²) in [5.74, 6) is 0. The lowest BCUT2D eigenvalue weighted by Gasteiger charge is -2.36. The fourth-order valence-electron chi connectivity index (χ4n) is 4.35. The molecule has 0 saturated heterocycles. The third-order valence-corrected chi connectivity index (χ3v) is 6.24. The first-order valence-corrected chi connectivity index (χ1v) is 11.3. The van der Waals surface area contributed by atoms with Gasteiger partial charge in [-0.05, 0) is 45.9 Å². The van der Waals surface area contributed by atoms with Gasteiger partial charge in [-0.1, -0.05) is 123 Å². The van der Waals surface area contributed by atoms with Crippen LogP contribution in [-0.2, 0) is 16.2 Å². The van der Waals surface area contributed by atoms with E-state index in [1.165, 1.54) is 54.4 Å². The fraction of sp³-hybridized carbons (Fsp3) is 0.571. The van der Waals surface area contributed by atoms with Crippen LogP contribution in [0.15, 0.2) is 48.5 Å². The van der Waals surface area contributed by atoms with Crippen molar-refractivity contribution in [3.05, 3.63) is 70.8 Å². The molecule has 0 aromatic heterocycles. The van der Waals surface area contributed by atoms with E-state index in [-0.39, 0.29) is 16.2 Å². The minimum Gasteiger partial charge on any atom is -0.0654 e. The molecule has 2 aromatic rings. The summed E-state index contributed by atoms with van der Waals surface area (Å²) in [6.07, 6.45) is 6.14. The van der Waals surface area contributed by atoms with Gasteiger partial charge in [0, 0.05) is 5.41 Å². The Bertz CT molecular complexity index is 660. The monoisotopic (exact) mass is 378 g/mol. The number of rotatable bonds is 7. The van der Waals surface area contributed by atoms with Gasteiger partial charge in [0.2, 0.25) is 0 Å². The van der Waals surface area contributed by atoms with E-state index in [4.69, 9.17) is 0 Å². The molecular formula is C28H42. The average Bonchev–Trinajstić information content (AvgIpc) is 2.64. The molecule has 0 heterocycles. The SMILES string of the molecule is CCCCC(CCC)(c1ccc(C(C)(C)C)cc1)c1ccc(C(C)(C)C)cc1. The van der Waals surface area contributed by atoms with Crippen molar-refractivity contribution in [3.63, 3.8) is 0 Å². The number of unbranched alkanes of at least 4 members (excludes halogenated alkanes) is 1. The summed E-state index contributed by atoms with van der Waals surface area (Å²) in [6.45, 7) is 18.4. The molecule has 0 heteroatoms. The second-order valence-corrected chi connectivity index (χ2v) is 10.6. The third-order valence-electron chi connectivity index (χ3n) is 6.24. The van der Waals surface area contributed by atoms with Crippen LogP contribution in [0.3, 0.4) is 0 Å². The molecule has 0 amide bonds. The maximum Gasteiger partial charge on any atom is 0.0202 e. The zero-order chi connectivity index (χ0) is 21.0. The molecule has 0 fully saturated rings. The van der Waals surface area contributed by atoms with Crippen LogP contribution in [-0.4, -0.2) is 0 Å². The summed E-state index contributed by atoms with van der Waals surface area (Å²) in [6, 6.07) is 19.1. The molecule has 0 N–H and O–H groups in total. The van der Waals surface area contributed by atoms with Crippen molar-refractivity contribution >= 4 is 0 Å². The molecular weight excluding hydrogens is 336 g/mol. The summed E-state index contributed by atoms with van der Waals surface area (Å²) in [4.78, 5) is 0. The zero-order valence-corrected chi connectivity index (χ0v) is 19.7. The molecule has 2 rings (SSSR count).